The van der Waals surface area contributed by atoms with E-state index in [2.05, 4.69) is 15.3 Å². The summed E-state index contributed by atoms with van der Waals surface area (Å²) in [6.45, 7) is 1.70. The van der Waals surface area contributed by atoms with Gasteiger partial charge in [0.1, 0.15) is 11.5 Å². The molecular weight excluding hydrogens is 318 g/mol. The first kappa shape index (κ1) is 16.4. The molecule has 25 heavy (non-hydrogen) atoms. The fraction of sp³-hybridized carbons (Fsp3) is 0.105. The van der Waals surface area contributed by atoms with Crippen molar-refractivity contribution in [2.24, 2.45) is 0 Å². The van der Waals surface area contributed by atoms with Crippen molar-refractivity contribution in [2.75, 3.05) is 5.32 Å². The van der Waals surface area contributed by atoms with E-state index in [9.17, 15) is 4.79 Å². The van der Waals surface area contributed by atoms with Gasteiger partial charge in [-0.05, 0) is 43.3 Å². The van der Waals surface area contributed by atoms with Crippen molar-refractivity contribution in [2.45, 2.75) is 13.0 Å². The summed E-state index contributed by atoms with van der Waals surface area (Å²) < 4.78 is 11.2. The normalized spacial score (nSPS) is 11.4. The van der Waals surface area contributed by atoms with Crippen LogP contribution in [0, 0.1) is 0 Å². The molecule has 6 nitrogen and oxygen atoms in total. The number of hydrogen-bond acceptors (Lipinski definition) is 5. The Hall–Kier alpha value is -3.41. The van der Waals surface area contributed by atoms with E-state index in [1.807, 2.05) is 30.3 Å². The number of benzene rings is 2. The van der Waals surface area contributed by atoms with Gasteiger partial charge in [-0.3, -0.25) is 9.78 Å². The summed E-state index contributed by atoms with van der Waals surface area (Å²) in [7, 11) is 0. The summed E-state index contributed by atoms with van der Waals surface area (Å²) in [6.07, 6.45) is 4.04. The molecule has 2 aromatic carbocycles. The maximum absolute atomic E-state index is 12.2. The average molecular weight is 335 g/mol. The molecule has 1 unspecified atom stereocenters. The van der Waals surface area contributed by atoms with E-state index in [1.54, 1.807) is 43.6 Å². The largest absolute Gasteiger partial charge is 0.481 e. The molecule has 0 radical (unpaired) electrons. The zero-order valence-corrected chi connectivity index (χ0v) is 13.6. The highest BCUT2D eigenvalue weighted by atomic mass is 16.5. The lowest BCUT2D eigenvalue weighted by Crippen LogP contribution is -2.30. The highest BCUT2D eigenvalue weighted by Gasteiger charge is 2.14. The minimum Gasteiger partial charge on any atom is -0.481 e. The Kier molecular flexibility index (Phi) is 5.21. The third kappa shape index (κ3) is 4.78. The Bertz CT molecular complexity index is 808. The zero-order chi connectivity index (χ0) is 17.5. The van der Waals surface area contributed by atoms with Crippen LogP contribution in [0.2, 0.25) is 0 Å². The van der Waals surface area contributed by atoms with Crippen LogP contribution in [-0.4, -0.2) is 22.0 Å². The summed E-state index contributed by atoms with van der Waals surface area (Å²) in [5.41, 5.74) is 0.653. The molecule has 0 aliphatic rings. The standard InChI is InChI=1S/C19H17N3O3/c1-14(24-16-5-3-2-4-6-16)19(23)22-15-7-9-17(10-8-15)25-18-13-20-11-12-21-18/h2-14H,1H3,(H,22,23). The van der Waals surface area contributed by atoms with Gasteiger partial charge in [0.25, 0.3) is 5.91 Å². The number of nitrogens with zero attached hydrogens (tertiary/aromatic N) is 2. The maximum atomic E-state index is 12.2. The second kappa shape index (κ2) is 7.92. The highest BCUT2D eigenvalue weighted by Crippen LogP contribution is 2.21. The van der Waals surface area contributed by atoms with Gasteiger partial charge in [0.05, 0.1) is 6.20 Å². The molecule has 0 bridgehead atoms. The van der Waals surface area contributed by atoms with Crippen molar-refractivity contribution in [1.29, 1.82) is 0 Å². The maximum Gasteiger partial charge on any atom is 0.265 e. The molecule has 3 rings (SSSR count). The molecular formula is C19H17N3O3. The average Bonchev–Trinajstić information content (AvgIpc) is 2.65. The van der Waals surface area contributed by atoms with Gasteiger partial charge >= 0.3 is 0 Å². The molecule has 0 spiro atoms. The smallest absolute Gasteiger partial charge is 0.265 e. The lowest BCUT2D eigenvalue weighted by atomic mass is 10.2. The number of ether oxygens (including phenoxy) is 2. The van der Waals surface area contributed by atoms with Gasteiger partial charge in [-0.25, -0.2) is 4.98 Å². The number of carbonyl (C=O) groups is 1. The minimum absolute atomic E-state index is 0.230. The van der Waals surface area contributed by atoms with Gasteiger partial charge in [0.15, 0.2) is 6.10 Å². The van der Waals surface area contributed by atoms with Gasteiger partial charge in [-0.1, -0.05) is 18.2 Å². The van der Waals surface area contributed by atoms with Crippen molar-refractivity contribution in [3.63, 3.8) is 0 Å². The van der Waals surface area contributed by atoms with Crippen molar-refractivity contribution in [3.05, 3.63) is 73.2 Å². The van der Waals surface area contributed by atoms with Crippen LogP contribution in [0.4, 0.5) is 5.69 Å². The van der Waals surface area contributed by atoms with Gasteiger partial charge in [-0.2, -0.15) is 0 Å². The van der Waals surface area contributed by atoms with Gasteiger partial charge in [-0.15, -0.1) is 0 Å². The van der Waals surface area contributed by atoms with E-state index in [0.29, 0.717) is 23.1 Å². The Morgan fingerprint density at radius 1 is 1.00 bits per heavy atom. The van der Waals surface area contributed by atoms with Crippen molar-refractivity contribution >= 4 is 11.6 Å². The minimum atomic E-state index is -0.613. The first-order chi connectivity index (χ1) is 12.2. The summed E-state index contributed by atoms with van der Waals surface area (Å²) in [4.78, 5) is 20.2. The van der Waals surface area contributed by atoms with Crippen LogP contribution in [0.1, 0.15) is 6.92 Å². The van der Waals surface area contributed by atoms with E-state index in [4.69, 9.17) is 9.47 Å². The highest BCUT2D eigenvalue weighted by molar-refractivity contribution is 5.94. The number of amides is 1. The van der Waals surface area contributed by atoms with Crippen molar-refractivity contribution in [1.82, 2.24) is 9.97 Å². The Balaban J connectivity index is 1.56. The Morgan fingerprint density at radius 2 is 1.76 bits per heavy atom. The van der Waals surface area contributed by atoms with Crippen LogP contribution >= 0.6 is 0 Å². The number of para-hydroxylation sites is 1. The number of carbonyl (C=O) groups excluding carboxylic acids is 1. The number of rotatable bonds is 6. The van der Waals surface area contributed by atoms with Crippen LogP contribution in [-0.2, 0) is 4.79 Å². The molecule has 0 saturated carbocycles. The summed E-state index contributed by atoms with van der Waals surface area (Å²) in [5.74, 6) is 1.43. The van der Waals surface area contributed by atoms with E-state index in [-0.39, 0.29) is 5.91 Å². The quantitative estimate of drug-likeness (QED) is 0.744. The second-order valence-electron chi connectivity index (χ2n) is 5.23. The number of aromatic nitrogens is 2. The number of hydrogen-bond donors (Lipinski definition) is 1. The molecule has 0 fully saturated rings. The molecule has 0 aliphatic carbocycles. The number of anilines is 1. The van der Waals surface area contributed by atoms with Crippen LogP contribution < -0.4 is 14.8 Å². The Labute approximate surface area is 145 Å². The molecule has 6 heteroatoms. The molecule has 3 aromatic rings. The molecule has 1 N–H and O–H groups in total. The van der Waals surface area contributed by atoms with E-state index in [1.165, 1.54) is 6.20 Å². The molecule has 126 valence electrons. The predicted molar refractivity (Wildman–Crippen MR) is 93.7 cm³/mol. The molecule has 0 saturated heterocycles. The lowest BCUT2D eigenvalue weighted by Gasteiger charge is -2.14. The van der Waals surface area contributed by atoms with Gasteiger partial charge < -0.3 is 14.8 Å². The predicted octanol–water partition coefficient (Wildman–Crippen LogP) is 3.67. The SMILES string of the molecule is CC(Oc1ccccc1)C(=O)Nc1ccc(Oc2cnccn2)cc1. The van der Waals surface area contributed by atoms with Crippen LogP contribution in [0.25, 0.3) is 0 Å². The Morgan fingerprint density at radius 3 is 2.44 bits per heavy atom. The third-order valence-corrected chi connectivity index (χ3v) is 3.31. The topological polar surface area (TPSA) is 73.3 Å². The second-order valence-corrected chi connectivity index (χ2v) is 5.23. The fourth-order valence-electron chi connectivity index (χ4n) is 2.07. The molecule has 1 atom stereocenters. The molecule has 0 aliphatic heterocycles. The van der Waals surface area contributed by atoms with E-state index in [0.717, 1.165) is 0 Å². The monoisotopic (exact) mass is 335 g/mol. The first-order valence-electron chi connectivity index (χ1n) is 7.77. The van der Waals surface area contributed by atoms with Gasteiger partial charge in [0.2, 0.25) is 5.88 Å². The summed E-state index contributed by atoms with van der Waals surface area (Å²) in [6, 6.07) is 16.2. The van der Waals surface area contributed by atoms with Crippen molar-refractivity contribution < 1.29 is 14.3 Å². The molecule has 1 aromatic heterocycles. The van der Waals surface area contributed by atoms with Crippen molar-refractivity contribution in [3.8, 4) is 17.4 Å². The summed E-state index contributed by atoms with van der Waals surface area (Å²) in [5, 5.41) is 2.81. The third-order valence-electron chi connectivity index (χ3n) is 3.31. The van der Waals surface area contributed by atoms with Crippen LogP contribution in [0.5, 0.6) is 17.4 Å². The molecule has 1 heterocycles. The first-order valence-corrected chi connectivity index (χ1v) is 7.77. The fourth-order valence-corrected chi connectivity index (χ4v) is 2.07. The lowest BCUT2D eigenvalue weighted by molar-refractivity contribution is -0.122. The van der Waals surface area contributed by atoms with Gasteiger partial charge in [0, 0.05) is 18.1 Å². The summed E-state index contributed by atoms with van der Waals surface area (Å²) >= 11 is 0. The number of nitrogens with one attached hydrogen (secondary N) is 1. The van der Waals surface area contributed by atoms with Crippen LogP contribution in [0.15, 0.2) is 73.2 Å². The van der Waals surface area contributed by atoms with E-state index >= 15 is 0 Å². The molecule has 1 amide bonds. The van der Waals surface area contributed by atoms with E-state index < -0.39 is 6.10 Å². The zero-order valence-electron chi connectivity index (χ0n) is 13.6. The van der Waals surface area contributed by atoms with Crippen LogP contribution in [0.3, 0.4) is 0 Å².